The predicted octanol–water partition coefficient (Wildman–Crippen LogP) is 13.1. The van der Waals surface area contributed by atoms with Crippen molar-refractivity contribution in [1.82, 2.24) is 0 Å². The minimum atomic E-state index is -0.0807. The third-order valence-corrected chi connectivity index (χ3v) is 12.0. The summed E-state index contributed by atoms with van der Waals surface area (Å²) in [5, 5.41) is 0. The second kappa shape index (κ2) is 13.0. The quantitative estimate of drug-likeness (QED) is 0.195. The van der Waals surface area contributed by atoms with Crippen molar-refractivity contribution in [3.8, 4) is 11.1 Å². The highest BCUT2D eigenvalue weighted by Crippen LogP contribution is 2.52. The first-order valence-corrected chi connectivity index (χ1v) is 19.2. The van der Waals surface area contributed by atoms with Crippen molar-refractivity contribution in [1.29, 1.82) is 0 Å². The Morgan fingerprint density at radius 1 is 0.627 bits per heavy atom. The first-order valence-electron chi connectivity index (χ1n) is 19.2. The van der Waals surface area contributed by atoms with E-state index in [2.05, 4.69) is 178 Å². The first kappa shape index (κ1) is 35.1. The molecule has 0 bridgehead atoms. The molecule has 1 aliphatic heterocycles. The van der Waals surface area contributed by atoms with Crippen LogP contribution in [0.2, 0.25) is 0 Å². The molecule has 0 aromatic heterocycles. The van der Waals surface area contributed by atoms with Gasteiger partial charge in [-0.15, -0.1) is 0 Å². The zero-order valence-corrected chi connectivity index (χ0v) is 32.5. The third-order valence-electron chi connectivity index (χ3n) is 12.0. The molecule has 0 saturated carbocycles. The second-order valence-corrected chi connectivity index (χ2v) is 17.7. The van der Waals surface area contributed by atoms with Gasteiger partial charge in [0.2, 0.25) is 0 Å². The van der Waals surface area contributed by atoms with E-state index >= 15 is 0 Å². The molecule has 2 nitrogen and oxygen atoms in total. The molecule has 4 aromatic rings. The molecule has 0 saturated heterocycles. The lowest BCUT2D eigenvalue weighted by molar-refractivity contribution is 0.212. The number of nitrogens with zero attached hydrogens (tertiary/aromatic N) is 2. The Balaban J connectivity index is 1.31. The number of hydrogen-bond donors (Lipinski definition) is 0. The lowest BCUT2D eigenvalue weighted by atomic mass is 9.59. The molecule has 2 heteroatoms. The van der Waals surface area contributed by atoms with E-state index in [9.17, 15) is 0 Å². The summed E-state index contributed by atoms with van der Waals surface area (Å²) in [6, 6.07) is 35.9. The summed E-state index contributed by atoms with van der Waals surface area (Å²) in [4.78, 5) is 10.9. The molecule has 262 valence electrons. The van der Waals surface area contributed by atoms with Gasteiger partial charge in [-0.05, 0) is 86.1 Å². The largest absolute Gasteiger partial charge is 0.257 e. The van der Waals surface area contributed by atoms with Crippen LogP contribution in [0.15, 0.2) is 125 Å². The van der Waals surface area contributed by atoms with Crippen molar-refractivity contribution in [2.24, 2.45) is 38.6 Å². The topological polar surface area (TPSA) is 24.7 Å². The van der Waals surface area contributed by atoms with Crippen molar-refractivity contribution < 1.29 is 0 Å². The Morgan fingerprint density at radius 3 is 1.90 bits per heavy atom. The molecule has 0 spiro atoms. The van der Waals surface area contributed by atoms with Crippen molar-refractivity contribution >= 4 is 17.1 Å². The number of aliphatic imine (C=N–C) groups is 2. The number of benzene rings is 4. The highest BCUT2D eigenvalue weighted by Gasteiger charge is 2.41. The summed E-state index contributed by atoms with van der Waals surface area (Å²) < 4.78 is 0. The SMILES string of the molecule is CCC1C(c2ccccc2)=NC(c2ccc3c(c2)C(C)(C)c2ccccc2-3)=NC1c1ccc(C2=CC=C(C(C)(C)C)C(CC)C2C(C)(C)C)cc1. The van der Waals surface area contributed by atoms with E-state index in [1.807, 2.05) is 0 Å². The van der Waals surface area contributed by atoms with Gasteiger partial charge in [0.15, 0.2) is 5.84 Å². The average Bonchev–Trinajstić information content (AvgIpc) is 3.35. The van der Waals surface area contributed by atoms with Gasteiger partial charge in [0.05, 0.1) is 11.8 Å². The van der Waals surface area contributed by atoms with Gasteiger partial charge in [-0.2, -0.15) is 0 Å². The molecule has 4 atom stereocenters. The highest BCUT2D eigenvalue weighted by atomic mass is 15.0. The van der Waals surface area contributed by atoms with Gasteiger partial charge in [0.1, 0.15) is 0 Å². The molecule has 0 amide bonds. The Kier molecular flexibility index (Phi) is 8.98. The van der Waals surface area contributed by atoms with Gasteiger partial charge in [-0.3, -0.25) is 4.99 Å². The minimum absolute atomic E-state index is 0.0280. The average molecular weight is 673 g/mol. The van der Waals surface area contributed by atoms with Crippen molar-refractivity contribution in [2.45, 2.75) is 93.5 Å². The lowest BCUT2D eigenvalue weighted by Crippen LogP contribution is -2.35. The Labute approximate surface area is 307 Å². The third kappa shape index (κ3) is 6.19. The maximum atomic E-state index is 5.54. The van der Waals surface area contributed by atoms with Gasteiger partial charge in [0, 0.05) is 16.9 Å². The zero-order chi connectivity index (χ0) is 36.3. The molecule has 51 heavy (non-hydrogen) atoms. The zero-order valence-electron chi connectivity index (χ0n) is 32.5. The van der Waals surface area contributed by atoms with E-state index in [0.717, 1.165) is 30.0 Å². The molecule has 4 aromatic carbocycles. The van der Waals surface area contributed by atoms with Gasteiger partial charge in [-0.1, -0.05) is 178 Å². The molecule has 0 N–H and O–H groups in total. The Bertz CT molecular complexity index is 2060. The Hall–Kier alpha value is -4.30. The molecule has 2 aliphatic carbocycles. The van der Waals surface area contributed by atoms with Gasteiger partial charge < -0.3 is 0 Å². The number of rotatable bonds is 6. The maximum absolute atomic E-state index is 5.54. The Morgan fingerprint density at radius 2 is 1.25 bits per heavy atom. The molecule has 4 unspecified atom stereocenters. The van der Waals surface area contributed by atoms with Gasteiger partial charge in [0.25, 0.3) is 0 Å². The van der Waals surface area contributed by atoms with Crippen LogP contribution in [-0.4, -0.2) is 11.5 Å². The van der Waals surface area contributed by atoms with Gasteiger partial charge in [-0.25, -0.2) is 4.99 Å². The van der Waals surface area contributed by atoms with Crippen LogP contribution in [0.5, 0.6) is 0 Å². The molecular formula is C49H56N2. The molecule has 7 rings (SSSR count). The smallest absolute Gasteiger partial charge is 0.155 e. The summed E-state index contributed by atoms with van der Waals surface area (Å²) in [6.07, 6.45) is 6.96. The lowest BCUT2D eigenvalue weighted by Gasteiger charge is -2.45. The van der Waals surface area contributed by atoms with Crippen molar-refractivity contribution in [3.63, 3.8) is 0 Å². The van der Waals surface area contributed by atoms with E-state index in [4.69, 9.17) is 9.98 Å². The van der Waals surface area contributed by atoms with Crippen LogP contribution in [0.25, 0.3) is 16.7 Å². The predicted molar refractivity (Wildman–Crippen MR) is 219 cm³/mol. The van der Waals surface area contributed by atoms with E-state index in [1.54, 1.807) is 5.57 Å². The van der Waals surface area contributed by atoms with E-state index in [-0.39, 0.29) is 28.2 Å². The summed E-state index contributed by atoms with van der Waals surface area (Å²) in [6.45, 7) is 23.7. The molecule has 3 aliphatic rings. The van der Waals surface area contributed by atoms with E-state index in [0.29, 0.717) is 11.8 Å². The number of fused-ring (bicyclic) bond motifs is 3. The van der Waals surface area contributed by atoms with Crippen LogP contribution in [0.4, 0.5) is 0 Å². The summed E-state index contributed by atoms with van der Waals surface area (Å²) in [5.41, 5.74) is 14.6. The van der Waals surface area contributed by atoms with Crippen molar-refractivity contribution in [2.75, 3.05) is 0 Å². The first-order chi connectivity index (χ1) is 24.2. The number of allylic oxidation sites excluding steroid dienone is 4. The van der Waals surface area contributed by atoms with Gasteiger partial charge >= 0.3 is 0 Å². The number of amidine groups is 1. The van der Waals surface area contributed by atoms with Crippen molar-refractivity contribution in [3.05, 3.63) is 148 Å². The highest BCUT2D eigenvalue weighted by molar-refractivity contribution is 6.15. The number of hydrogen-bond acceptors (Lipinski definition) is 2. The molecule has 0 radical (unpaired) electrons. The normalized spacial score (nSPS) is 22.7. The van der Waals surface area contributed by atoms with Crippen LogP contribution in [0.1, 0.15) is 122 Å². The monoisotopic (exact) mass is 672 g/mol. The fraction of sp³-hybridized carbons (Fsp3) is 0.388. The fourth-order valence-electron chi connectivity index (χ4n) is 9.47. The van der Waals surface area contributed by atoms with Crippen LogP contribution < -0.4 is 0 Å². The second-order valence-electron chi connectivity index (χ2n) is 17.7. The van der Waals surface area contributed by atoms with E-state index < -0.39 is 0 Å². The van der Waals surface area contributed by atoms with Crippen LogP contribution in [0, 0.1) is 28.6 Å². The molecular weight excluding hydrogens is 617 g/mol. The summed E-state index contributed by atoms with van der Waals surface area (Å²) >= 11 is 0. The van der Waals surface area contributed by atoms with E-state index in [1.165, 1.54) is 44.5 Å². The van der Waals surface area contributed by atoms with Crippen LogP contribution >= 0.6 is 0 Å². The standard InChI is InChI=1S/C49H56N2/c1-11-35-40(47(3,4)5)29-28-37(43(35)48(6,7)8)31-22-24-33(25-23-31)45-36(12-2)44(32-18-14-13-15-19-32)50-46(51-45)34-26-27-39-38-20-16-17-21-41(38)49(9,10)42(39)30-34/h13-30,35-36,43,45H,11-12H2,1-10H3. The summed E-state index contributed by atoms with van der Waals surface area (Å²) in [5.74, 6) is 1.97. The molecule has 0 fully saturated rings. The van der Waals surface area contributed by atoms with Crippen LogP contribution in [0.3, 0.4) is 0 Å². The molecule has 1 heterocycles. The minimum Gasteiger partial charge on any atom is -0.257 e. The fourth-order valence-corrected chi connectivity index (χ4v) is 9.47. The summed E-state index contributed by atoms with van der Waals surface area (Å²) in [7, 11) is 0. The maximum Gasteiger partial charge on any atom is 0.155 e. The van der Waals surface area contributed by atoms with Crippen LogP contribution in [-0.2, 0) is 5.41 Å².